The van der Waals surface area contributed by atoms with E-state index in [-0.39, 0.29) is 6.54 Å². The number of esters is 1. The van der Waals surface area contributed by atoms with Gasteiger partial charge in [0, 0.05) is 13.6 Å². The Kier molecular flexibility index (Phi) is 6.77. The molecule has 1 amide bonds. The van der Waals surface area contributed by atoms with Crippen molar-refractivity contribution in [1.82, 2.24) is 9.03 Å². The predicted octanol–water partition coefficient (Wildman–Crippen LogP) is 0.107. The van der Waals surface area contributed by atoms with E-state index in [0.29, 0.717) is 0 Å². The lowest BCUT2D eigenvalue weighted by Gasteiger charge is -2.20. The zero-order chi connectivity index (χ0) is 15.2. The minimum absolute atomic E-state index is 0.114. The third-order valence-electron chi connectivity index (χ3n) is 2.10. The van der Waals surface area contributed by atoms with Crippen LogP contribution in [0.25, 0.3) is 0 Å². The van der Waals surface area contributed by atoms with Crippen LogP contribution in [0.1, 0.15) is 20.8 Å². The summed E-state index contributed by atoms with van der Waals surface area (Å²) in [6.07, 6.45) is -1.50. The lowest BCUT2D eigenvalue weighted by molar-refractivity contribution is -0.144. The maximum Gasteiger partial charge on any atom is 0.422 e. The summed E-state index contributed by atoms with van der Waals surface area (Å²) in [6.45, 7) is 4.59. The molecule has 0 spiro atoms. The molecule has 0 fully saturated rings. The number of carbonyl (C=O) groups excluding carboxylic acids is 2. The maximum absolute atomic E-state index is 11.7. The number of carbonyl (C=O) groups is 2. The van der Waals surface area contributed by atoms with Gasteiger partial charge in [0.15, 0.2) is 0 Å². The van der Waals surface area contributed by atoms with Gasteiger partial charge in [0.1, 0.15) is 0 Å². The minimum atomic E-state index is -4.04. The van der Waals surface area contributed by atoms with Gasteiger partial charge in [-0.05, 0) is 13.8 Å². The number of hydrogen-bond donors (Lipinski definition) is 1. The van der Waals surface area contributed by atoms with Crippen LogP contribution in [-0.2, 0) is 24.5 Å². The first-order chi connectivity index (χ1) is 8.60. The highest BCUT2D eigenvalue weighted by molar-refractivity contribution is 7.87. The van der Waals surface area contributed by atoms with E-state index in [1.54, 1.807) is 18.6 Å². The fourth-order valence-corrected chi connectivity index (χ4v) is 2.02. The van der Waals surface area contributed by atoms with Gasteiger partial charge >= 0.3 is 22.3 Å². The zero-order valence-electron chi connectivity index (χ0n) is 11.7. The Bertz CT molecular complexity index is 420. The number of nitrogens with one attached hydrogen (secondary N) is 1. The molecule has 0 rings (SSSR count). The first-order valence-corrected chi connectivity index (χ1v) is 7.06. The van der Waals surface area contributed by atoms with Gasteiger partial charge in [-0.1, -0.05) is 6.92 Å². The van der Waals surface area contributed by atoms with E-state index in [1.165, 1.54) is 21.1 Å². The van der Waals surface area contributed by atoms with Crippen molar-refractivity contribution in [2.45, 2.75) is 26.9 Å². The van der Waals surface area contributed by atoms with Crippen molar-refractivity contribution in [2.75, 3.05) is 20.7 Å². The molecule has 0 aliphatic carbocycles. The van der Waals surface area contributed by atoms with Crippen molar-refractivity contribution in [3.63, 3.8) is 0 Å². The average molecular weight is 296 g/mol. The van der Waals surface area contributed by atoms with Gasteiger partial charge in [0.25, 0.3) is 0 Å². The number of hydrogen-bond acceptors (Lipinski definition) is 6. The second-order valence-corrected chi connectivity index (χ2v) is 6.04. The van der Waals surface area contributed by atoms with Crippen LogP contribution in [0.15, 0.2) is 0 Å². The van der Waals surface area contributed by atoms with Crippen LogP contribution in [0.5, 0.6) is 0 Å². The Morgan fingerprint density at radius 1 is 1.26 bits per heavy atom. The van der Waals surface area contributed by atoms with Gasteiger partial charge in [0.05, 0.1) is 19.1 Å². The second kappa shape index (κ2) is 7.29. The fourth-order valence-electron chi connectivity index (χ4n) is 1.18. The van der Waals surface area contributed by atoms with E-state index in [4.69, 9.17) is 0 Å². The Hall–Kier alpha value is -1.35. The van der Waals surface area contributed by atoms with Gasteiger partial charge in [-0.25, -0.2) is 9.52 Å². The van der Waals surface area contributed by atoms with Crippen LogP contribution in [0, 0.1) is 5.92 Å². The van der Waals surface area contributed by atoms with E-state index in [2.05, 4.69) is 9.47 Å². The first-order valence-electron chi connectivity index (χ1n) is 5.62. The largest absolute Gasteiger partial charge is 0.469 e. The standard InChI is InChI=1S/C10H20N2O6S/c1-7(2)18-10(14)11-19(15,16)12(4)6-8(3)9(13)17-5/h7-8H,6H2,1-5H3,(H,11,14). The monoisotopic (exact) mass is 296 g/mol. The Labute approximate surface area is 113 Å². The molecule has 19 heavy (non-hydrogen) atoms. The lowest BCUT2D eigenvalue weighted by Crippen LogP contribution is -2.44. The third-order valence-corrected chi connectivity index (χ3v) is 3.49. The van der Waals surface area contributed by atoms with Crippen molar-refractivity contribution in [2.24, 2.45) is 5.92 Å². The SMILES string of the molecule is COC(=O)C(C)CN(C)S(=O)(=O)NC(=O)OC(C)C. The van der Waals surface area contributed by atoms with Crippen LogP contribution < -0.4 is 4.72 Å². The molecule has 9 heteroatoms. The topological polar surface area (TPSA) is 102 Å². The van der Waals surface area contributed by atoms with Crippen LogP contribution in [0.3, 0.4) is 0 Å². The van der Waals surface area contributed by atoms with E-state index in [1.807, 2.05) is 0 Å². The molecular formula is C10H20N2O6S. The molecule has 0 saturated carbocycles. The highest BCUT2D eigenvalue weighted by Crippen LogP contribution is 2.04. The number of methoxy groups -OCH3 is 1. The molecule has 0 aromatic heterocycles. The lowest BCUT2D eigenvalue weighted by atomic mass is 10.2. The van der Waals surface area contributed by atoms with Gasteiger partial charge in [-0.2, -0.15) is 12.7 Å². The Morgan fingerprint density at radius 2 is 1.79 bits per heavy atom. The first kappa shape index (κ1) is 17.6. The molecule has 0 radical (unpaired) electrons. The van der Waals surface area contributed by atoms with Crippen molar-refractivity contribution in [3.8, 4) is 0 Å². The van der Waals surface area contributed by atoms with Crippen molar-refractivity contribution < 1.29 is 27.5 Å². The van der Waals surface area contributed by atoms with E-state index in [9.17, 15) is 18.0 Å². The van der Waals surface area contributed by atoms with Crippen LogP contribution >= 0.6 is 0 Å². The molecule has 1 N–H and O–H groups in total. The molecule has 0 aromatic carbocycles. The second-order valence-electron chi connectivity index (χ2n) is 4.27. The van der Waals surface area contributed by atoms with E-state index < -0.39 is 34.3 Å². The van der Waals surface area contributed by atoms with Gasteiger partial charge in [-0.3, -0.25) is 4.79 Å². The molecule has 8 nitrogen and oxygen atoms in total. The molecule has 1 atom stereocenters. The Balaban J connectivity index is 4.56. The normalized spacial score (nSPS) is 13.2. The number of amides is 1. The zero-order valence-corrected chi connectivity index (χ0v) is 12.5. The summed E-state index contributed by atoms with van der Waals surface area (Å²) in [5.74, 6) is -1.18. The molecule has 0 aliphatic rings. The average Bonchev–Trinajstić information content (AvgIpc) is 2.25. The molecule has 112 valence electrons. The summed E-state index contributed by atoms with van der Waals surface area (Å²) in [5.41, 5.74) is 0. The summed E-state index contributed by atoms with van der Waals surface area (Å²) >= 11 is 0. The molecule has 0 bridgehead atoms. The van der Waals surface area contributed by atoms with E-state index >= 15 is 0 Å². The summed E-state index contributed by atoms with van der Waals surface area (Å²) < 4.78 is 35.2. The minimum Gasteiger partial charge on any atom is -0.469 e. The third kappa shape index (κ3) is 6.39. The summed E-state index contributed by atoms with van der Waals surface area (Å²) in [4.78, 5) is 22.4. The van der Waals surface area contributed by atoms with Crippen molar-refractivity contribution in [1.29, 1.82) is 0 Å². The molecule has 0 saturated heterocycles. The van der Waals surface area contributed by atoms with Crippen molar-refractivity contribution >= 4 is 22.3 Å². The molecular weight excluding hydrogens is 276 g/mol. The highest BCUT2D eigenvalue weighted by Gasteiger charge is 2.26. The number of rotatable bonds is 6. The Morgan fingerprint density at radius 3 is 2.21 bits per heavy atom. The maximum atomic E-state index is 11.7. The molecule has 0 aliphatic heterocycles. The molecule has 0 heterocycles. The summed E-state index contributed by atoms with van der Waals surface area (Å²) in [6, 6.07) is 0. The van der Waals surface area contributed by atoms with Gasteiger partial charge < -0.3 is 9.47 Å². The molecule has 0 aromatic rings. The summed E-state index contributed by atoms with van der Waals surface area (Å²) in [7, 11) is -1.59. The highest BCUT2D eigenvalue weighted by atomic mass is 32.2. The van der Waals surface area contributed by atoms with Crippen molar-refractivity contribution in [3.05, 3.63) is 0 Å². The summed E-state index contributed by atoms with van der Waals surface area (Å²) in [5, 5.41) is 0. The van der Waals surface area contributed by atoms with Gasteiger partial charge in [0.2, 0.25) is 0 Å². The fraction of sp³-hybridized carbons (Fsp3) is 0.800. The van der Waals surface area contributed by atoms with Crippen LogP contribution in [-0.4, -0.2) is 51.6 Å². The predicted molar refractivity (Wildman–Crippen MR) is 67.5 cm³/mol. The van der Waals surface area contributed by atoms with E-state index in [0.717, 1.165) is 4.31 Å². The smallest absolute Gasteiger partial charge is 0.422 e. The number of nitrogens with zero attached hydrogens (tertiary/aromatic N) is 1. The van der Waals surface area contributed by atoms with Crippen LogP contribution in [0.2, 0.25) is 0 Å². The van der Waals surface area contributed by atoms with Crippen LogP contribution in [0.4, 0.5) is 4.79 Å². The molecule has 1 unspecified atom stereocenters. The quantitative estimate of drug-likeness (QED) is 0.698. The van der Waals surface area contributed by atoms with Gasteiger partial charge in [-0.15, -0.1) is 0 Å². The number of ether oxygens (including phenoxy) is 2.